The van der Waals surface area contributed by atoms with Crippen molar-refractivity contribution >= 4 is 22.2 Å². The monoisotopic (exact) mass is 393 g/mol. The van der Waals surface area contributed by atoms with Crippen molar-refractivity contribution in [1.29, 1.82) is 0 Å². The van der Waals surface area contributed by atoms with E-state index in [4.69, 9.17) is 0 Å². The Kier molecular flexibility index (Phi) is 4.65. The quantitative estimate of drug-likeness (QED) is 0.493. The lowest BCUT2D eigenvalue weighted by molar-refractivity contribution is 0.0947. The number of imidazole rings is 1. The molecule has 0 atom stereocenters. The highest BCUT2D eigenvalue weighted by molar-refractivity contribution is 5.99. The van der Waals surface area contributed by atoms with Gasteiger partial charge >= 0.3 is 0 Å². The lowest BCUT2D eigenvalue weighted by atomic mass is 10.1. The van der Waals surface area contributed by atoms with Crippen LogP contribution in [-0.4, -0.2) is 25.3 Å². The smallest absolute Gasteiger partial charge is 0.272 e. The highest BCUT2D eigenvalue weighted by Crippen LogP contribution is 2.18. The van der Waals surface area contributed by atoms with Crippen molar-refractivity contribution in [2.75, 3.05) is 0 Å². The highest BCUT2D eigenvalue weighted by Gasteiger charge is 2.18. The standard InChI is InChI=1S/C24H19N5O/c30-24(27-16-20-19-8-2-1-7-18(19)10-12-26-20)23-21-9-3-4-13-29(21)22(28-23)14-17-6-5-11-25-15-17/h1-13,15H,14,16H2,(H,27,30). The van der Waals surface area contributed by atoms with Gasteiger partial charge in [0.15, 0.2) is 5.69 Å². The number of carbonyl (C=O) groups is 1. The Morgan fingerprint density at radius 1 is 0.967 bits per heavy atom. The number of nitrogens with one attached hydrogen (secondary N) is 1. The first-order chi connectivity index (χ1) is 14.8. The predicted molar refractivity (Wildman–Crippen MR) is 115 cm³/mol. The van der Waals surface area contributed by atoms with Crippen LogP contribution in [-0.2, 0) is 13.0 Å². The fourth-order valence-electron chi connectivity index (χ4n) is 3.65. The lowest BCUT2D eigenvalue weighted by Gasteiger charge is -2.07. The number of aromatic nitrogens is 4. The fourth-order valence-corrected chi connectivity index (χ4v) is 3.65. The Labute approximate surface area is 173 Å². The van der Waals surface area contributed by atoms with Gasteiger partial charge in [-0.25, -0.2) is 4.98 Å². The summed E-state index contributed by atoms with van der Waals surface area (Å²) in [5.41, 5.74) is 3.07. The average molecular weight is 393 g/mol. The van der Waals surface area contributed by atoms with E-state index in [0.29, 0.717) is 18.7 Å². The maximum Gasteiger partial charge on any atom is 0.272 e. The summed E-state index contributed by atoms with van der Waals surface area (Å²) in [6, 6.07) is 19.6. The molecule has 5 rings (SSSR count). The van der Waals surface area contributed by atoms with Crippen molar-refractivity contribution in [2.24, 2.45) is 0 Å². The van der Waals surface area contributed by atoms with Crippen LogP contribution in [0.2, 0.25) is 0 Å². The molecule has 0 saturated carbocycles. The molecule has 30 heavy (non-hydrogen) atoms. The number of fused-ring (bicyclic) bond motifs is 2. The SMILES string of the molecule is O=C(NCc1nccc2ccccc12)c1nc(Cc2cccnc2)n2ccccc12. The van der Waals surface area contributed by atoms with E-state index in [1.807, 2.05) is 77.5 Å². The number of rotatable bonds is 5. The summed E-state index contributed by atoms with van der Waals surface area (Å²) in [5.74, 6) is 0.581. The first-order valence-electron chi connectivity index (χ1n) is 9.75. The normalized spacial score (nSPS) is 11.1. The molecule has 6 heteroatoms. The number of hydrogen-bond acceptors (Lipinski definition) is 4. The maximum absolute atomic E-state index is 13.0. The maximum atomic E-state index is 13.0. The van der Waals surface area contributed by atoms with Gasteiger partial charge in [-0.1, -0.05) is 36.4 Å². The van der Waals surface area contributed by atoms with E-state index in [-0.39, 0.29) is 5.91 Å². The molecule has 4 aromatic heterocycles. The van der Waals surface area contributed by atoms with Crippen LogP contribution in [0.1, 0.15) is 27.6 Å². The predicted octanol–water partition coefficient (Wildman–Crippen LogP) is 3.80. The summed E-state index contributed by atoms with van der Waals surface area (Å²) in [5, 5.41) is 5.12. The second-order valence-electron chi connectivity index (χ2n) is 7.03. The molecule has 0 unspecified atom stereocenters. The third-order valence-corrected chi connectivity index (χ3v) is 5.09. The number of amides is 1. The molecule has 146 valence electrons. The van der Waals surface area contributed by atoms with Crippen molar-refractivity contribution in [2.45, 2.75) is 13.0 Å². The molecule has 4 heterocycles. The molecule has 5 aromatic rings. The van der Waals surface area contributed by atoms with Crippen LogP contribution in [0, 0.1) is 0 Å². The molecule has 0 bridgehead atoms. The molecule has 1 N–H and O–H groups in total. The number of hydrogen-bond donors (Lipinski definition) is 1. The Morgan fingerprint density at radius 3 is 2.77 bits per heavy atom. The molecule has 6 nitrogen and oxygen atoms in total. The van der Waals surface area contributed by atoms with Gasteiger partial charge in [-0.2, -0.15) is 0 Å². The van der Waals surface area contributed by atoms with E-state index in [2.05, 4.69) is 20.3 Å². The van der Waals surface area contributed by atoms with Gasteiger partial charge in [0.2, 0.25) is 0 Å². The van der Waals surface area contributed by atoms with Gasteiger partial charge in [0.25, 0.3) is 5.91 Å². The fraction of sp³-hybridized carbons (Fsp3) is 0.0833. The van der Waals surface area contributed by atoms with E-state index in [1.165, 1.54) is 0 Å². The van der Waals surface area contributed by atoms with Crippen LogP contribution in [0.3, 0.4) is 0 Å². The van der Waals surface area contributed by atoms with E-state index < -0.39 is 0 Å². The Balaban J connectivity index is 1.43. The van der Waals surface area contributed by atoms with Gasteiger partial charge in [-0.05, 0) is 35.2 Å². The van der Waals surface area contributed by atoms with Crippen molar-refractivity contribution < 1.29 is 4.79 Å². The number of benzene rings is 1. The van der Waals surface area contributed by atoms with Gasteiger partial charge in [-0.3, -0.25) is 14.8 Å². The van der Waals surface area contributed by atoms with Gasteiger partial charge < -0.3 is 9.72 Å². The Morgan fingerprint density at radius 2 is 1.87 bits per heavy atom. The van der Waals surface area contributed by atoms with E-state index >= 15 is 0 Å². The van der Waals surface area contributed by atoms with Crippen LogP contribution in [0.15, 0.2) is 85.5 Å². The molecule has 0 saturated heterocycles. The Hall–Kier alpha value is -4.06. The number of nitrogens with zero attached hydrogens (tertiary/aromatic N) is 4. The summed E-state index contributed by atoms with van der Waals surface area (Å²) in [6.45, 7) is 0.337. The summed E-state index contributed by atoms with van der Waals surface area (Å²) in [6.07, 6.45) is 7.85. The zero-order valence-electron chi connectivity index (χ0n) is 16.2. The summed E-state index contributed by atoms with van der Waals surface area (Å²) >= 11 is 0. The zero-order chi connectivity index (χ0) is 20.3. The van der Waals surface area contributed by atoms with Gasteiger partial charge in [-0.15, -0.1) is 0 Å². The summed E-state index contributed by atoms with van der Waals surface area (Å²) in [4.78, 5) is 26.3. The first-order valence-corrected chi connectivity index (χ1v) is 9.75. The molecule has 0 aliphatic heterocycles. The van der Waals surface area contributed by atoms with E-state index in [9.17, 15) is 4.79 Å². The molecule has 0 aliphatic carbocycles. The molecule has 1 amide bonds. The van der Waals surface area contributed by atoms with Crippen LogP contribution in [0.5, 0.6) is 0 Å². The molecule has 0 radical (unpaired) electrons. The van der Waals surface area contributed by atoms with Crippen molar-refractivity contribution in [1.82, 2.24) is 24.7 Å². The molecule has 1 aromatic carbocycles. The third kappa shape index (κ3) is 3.39. The zero-order valence-corrected chi connectivity index (χ0v) is 16.2. The Bertz CT molecular complexity index is 1340. The molecule has 0 fully saturated rings. The minimum Gasteiger partial charge on any atom is -0.345 e. The minimum atomic E-state index is -0.217. The second kappa shape index (κ2) is 7.75. The molecular weight excluding hydrogens is 374 g/mol. The third-order valence-electron chi connectivity index (χ3n) is 5.09. The summed E-state index contributed by atoms with van der Waals surface area (Å²) < 4.78 is 1.96. The lowest BCUT2D eigenvalue weighted by Crippen LogP contribution is -2.24. The molecule has 0 aliphatic rings. The average Bonchev–Trinajstić information content (AvgIpc) is 3.17. The first kappa shape index (κ1) is 18.0. The van der Waals surface area contributed by atoms with Crippen molar-refractivity contribution in [3.63, 3.8) is 0 Å². The summed E-state index contributed by atoms with van der Waals surface area (Å²) in [7, 11) is 0. The second-order valence-corrected chi connectivity index (χ2v) is 7.03. The van der Waals surface area contributed by atoms with Crippen molar-refractivity contribution in [3.05, 3.63) is 108 Å². The molecule has 0 spiro atoms. The minimum absolute atomic E-state index is 0.217. The van der Waals surface area contributed by atoms with E-state index in [1.54, 1.807) is 12.4 Å². The highest BCUT2D eigenvalue weighted by atomic mass is 16.1. The van der Waals surface area contributed by atoms with E-state index in [0.717, 1.165) is 33.4 Å². The van der Waals surface area contributed by atoms with Gasteiger partial charge in [0.1, 0.15) is 5.82 Å². The van der Waals surface area contributed by atoms with Crippen LogP contribution < -0.4 is 5.32 Å². The number of carbonyl (C=O) groups excluding carboxylic acids is 1. The van der Waals surface area contributed by atoms with Crippen LogP contribution >= 0.6 is 0 Å². The molecular formula is C24H19N5O. The van der Waals surface area contributed by atoms with Crippen molar-refractivity contribution in [3.8, 4) is 0 Å². The number of pyridine rings is 3. The largest absolute Gasteiger partial charge is 0.345 e. The topological polar surface area (TPSA) is 72.2 Å². The van der Waals surface area contributed by atoms with Crippen LogP contribution in [0.4, 0.5) is 0 Å². The van der Waals surface area contributed by atoms with Gasteiger partial charge in [0.05, 0.1) is 17.8 Å². The van der Waals surface area contributed by atoms with Gasteiger partial charge in [0, 0.05) is 36.6 Å². The van der Waals surface area contributed by atoms with Crippen LogP contribution in [0.25, 0.3) is 16.3 Å².